The highest BCUT2D eigenvalue weighted by molar-refractivity contribution is 5.93. The molecular formula is C20H19N5O3. The highest BCUT2D eigenvalue weighted by Crippen LogP contribution is 2.22. The van der Waals surface area contributed by atoms with Gasteiger partial charge in [-0.15, -0.1) is 0 Å². The van der Waals surface area contributed by atoms with Crippen LogP contribution >= 0.6 is 0 Å². The molecule has 4 rings (SSSR count). The highest BCUT2D eigenvalue weighted by atomic mass is 16.6. The fourth-order valence-corrected chi connectivity index (χ4v) is 2.93. The zero-order valence-corrected chi connectivity index (χ0v) is 15.0. The van der Waals surface area contributed by atoms with Crippen LogP contribution in [0.3, 0.4) is 0 Å². The number of nitrogens with one attached hydrogen (secondary N) is 2. The molecule has 1 fully saturated rings. The summed E-state index contributed by atoms with van der Waals surface area (Å²) in [6, 6.07) is 14.6. The van der Waals surface area contributed by atoms with E-state index in [0.717, 1.165) is 11.3 Å². The molecule has 3 aromatic rings. The van der Waals surface area contributed by atoms with Crippen molar-refractivity contribution in [2.75, 3.05) is 23.4 Å². The molecular weight excluding hydrogens is 358 g/mol. The minimum absolute atomic E-state index is 0.320. The minimum atomic E-state index is -0.374. The quantitative estimate of drug-likeness (QED) is 0.715. The van der Waals surface area contributed by atoms with Crippen LogP contribution in [0.5, 0.6) is 0 Å². The summed E-state index contributed by atoms with van der Waals surface area (Å²) >= 11 is 0. The van der Waals surface area contributed by atoms with Gasteiger partial charge in [0.15, 0.2) is 0 Å². The maximum Gasteiger partial charge on any atom is 0.414 e. The van der Waals surface area contributed by atoms with E-state index >= 15 is 0 Å². The number of urea groups is 1. The predicted octanol–water partition coefficient (Wildman–Crippen LogP) is 3.15. The van der Waals surface area contributed by atoms with Crippen LogP contribution in [0.4, 0.5) is 21.0 Å². The van der Waals surface area contributed by atoms with E-state index in [1.807, 2.05) is 35.0 Å². The number of carbonyl (C=O) groups is 2. The number of hydrogen-bond donors (Lipinski definition) is 2. The van der Waals surface area contributed by atoms with Gasteiger partial charge in [-0.3, -0.25) is 4.90 Å². The third kappa shape index (κ3) is 3.96. The number of amides is 3. The second kappa shape index (κ2) is 7.83. The smallest absolute Gasteiger partial charge is 0.414 e. The second-order valence-electron chi connectivity index (χ2n) is 6.26. The van der Waals surface area contributed by atoms with Crippen molar-refractivity contribution >= 4 is 23.5 Å². The Labute approximate surface area is 161 Å². The van der Waals surface area contributed by atoms with Gasteiger partial charge in [0.05, 0.1) is 12.9 Å². The Morgan fingerprint density at radius 1 is 1.14 bits per heavy atom. The molecule has 142 valence electrons. The molecule has 0 radical (unpaired) electrons. The molecule has 0 spiro atoms. The lowest BCUT2D eigenvalue weighted by atomic mass is 10.2. The summed E-state index contributed by atoms with van der Waals surface area (Å²) in [5.74, 6) is 0. The topological polar surface area (TPSA) is 88.5 Å². The third-order valence-electron chi connectivity index (χ3n) is 4.37. The van der Waals surface area contributed by atoms with Crippen LogP contribution in [0, 0.1) is 0 Å². The second-order valence-corrected chi connectivity index (χ2v) is 6.26. The summed E-state index contributed by atoms with van der Waals surface area (Å²) in [7, 11) is 0. The Balaban J connectivity index is 1.33. The Morgan fingerprint density at radius 2 is 2.00 bits per heavy atom. The molecule has 8 heteroatoms. The Hall–Kier alpha value is -3.81. The number of cyclic esters (lactones) is 1. The van der Waals surface area contributed by atoms with Gasteiger partial charge in [-0.05, 0) is 35.9 Å². The van der Waals surface area contributed by atoms with Crippen LogP contribution in [0.2, 0.25) is 0 Å². The lowest BCUT2D eigenvalue weighted by molar-refractivity contribution is 0.181. The van der Waals surface area contributed by atoms with Crippen molar-refractivity contribution in [1.29, 1.82) is 0 Å². The standard InChI is InChI=1S/C20H19N5O3/c26-19(22-13-15-4-6-17(7-5-15)24-9-8-21-14-24)23-16-2-1-3-18(12-16)25-10-11-28-20(25)27/h1-9,12,14H,10-11,13H2,(H2,22,23,26). The highest BCUT2D eigenvalue weighted by Gasteiger charge is 2.23. The van der Waals surface area contributed by atoms with E-state index < -0.39 is 0 Å². The lowest BCUT2D eigenvalue weighted by Gasteiger charge is -2.14. The molecule has 1 aliphatic rings. The first kappa shape index (κ1) is 17.6. The molecule has 0 bridgehead atoms. The van der Waals surface area contributed by atoms with Gasteiger partial charge in [0.25, 0.3) is 0 Å². The lowest BCUT2D eigenvalue weighted by Crippen LogP contribution is -2.28. The molecule has 2 N–H and O–H groups in total. The van der Waals surface area contributed by atoms with Crippen LogP contribution in [0.25, 0.3) is 5.69 Å². The average Bonchev–Trinajstić information content (AvgIpc) is 3.39. The molecule has 2 heterocycles. The van der Waals surface area contributed by atoms with Gasteiger partial charge in [0, 0.05) is 36.0 Å². The van der Waals surface area contributed by atoms with E-state index in [0.29, 0.717) is 31.1 Å². The van der Waals surface area contributed by atoms with Crippen molar-refractivity contribution in [2.24, 2.45) is 0 Å². The number of carbonyl (C=O) groups excluding carboxylic acids is 2. The summed E-state index contributed by atoms with van der Waals surface area (Å²) in [4.78, 5) is 29.4. The third-order valence-corrected chi connectivity index (χ3v) is 4.37. The molecule has 0 aliphatic carbocycles. The van der Waals surface area contributed by atoms with Gasteiger partial charge in [-0.2, -0.15) is 0 Å². The van der Waals surface area contributed by atoms with Crippen molar-refractivity contribution in [3.05, 3.63) is 72.8 Å². The molecule has 2 aromatic carbocycles. The number of ether oxygens (including phenoxy) is 1. The van der Waals surface area contributed by atoms with Crippen molar-refractivity contribution in [1.82, 2.24) is 14.9 Å². The minimum Gasteiger partial charge on any atom is -0.447 e. The van der Waals surface area contributed by atoms with Crippen molar-refractivity contribution < 1.29 is 14.3 Å². The van der Waals surface area contributed by atoms with Gasteiger partial charge < -0.3 is 19.9 Å². The van der Waals surface area contributed by atoms with E-state index in [1.54, 1.807) is 36.8 Å². The van der Waals surface area contributed by atoms with Gasteiger partial charge in [-0.1, -0.05) is 18.2 Å². The summed E-state index contributed by atoms with van der Waals surface area (Å²) in [6.07, 6.45) is 4.95. The van der Waals surface area contributed by atoms with Gasteiger partial charge >= 0.3 is 12.1 Å². The van der Waals surface area contributed by atoms with Gasteiger partial charge in [0.2, 0.25) is 0 Å². The van der Waals surface area contributed by atoms with Crippen LogP contribution in [0.15, 0.2) is 67.3 Å². The van der Waals surface area contributed by atoms with E-state index in [2.05, 4.69) is 15.6 Å². The average molecular weight is 377 g/mol. The van der Waals surface area contributed by atoms with Crippen molar-refractivity contribution in [3.8, 4) is 5.69 Å². The maximum atomic E-state index is 12.2. The molecule has 1 aromatic heterocycles. The first-order chi connectivity index (χ1) is 13.7. The maximum absolute atomic E-state index is 12.2. The molecule has 0 unspecified atom stereocenters. The number of hydrogen-bond acceptors (Lipinski definition) is 4. The van der Waals surface area contributed by atoms with Gasteiger partial charge in [-0.25, -0.2) is 14.6 Å². The largest absolute Gasteiger partial charge is 0.447 e. The zero-order chi connectivity index (χ0) is 19.3. The van der Waals surface area contributed by atoms with Crippen LogP contribution in [-0.4, -0.2) is 34.8 Å². The molecule has 0 atom stereocenters. The number of benzene rings is 2. The Bertz CT molecular complexity index is 970. The SMILES string of the molecule is O=C(NCc1ccc(-n2ccnc2)cc1)Nc1cccc(N2CCOC2=O)c1. The first-order valence-electron chi connectivity index (χ1n) is 8.85. The number of aromatic nitrogens is 2. The molecule has 8 nitrogen and oxygen atoms in total. The van der Waals surface area contributed by atoms with Crippen molar-refractivity contribution in [2.45, 2.75) is 6.54 Å². The van der Waals surface area contributed by atoms with Crippen LogP contribution in [0.1, 0.15) is 5.56 Å². The number of anilines is 2. The summed E-state index contributed by atoms with van der Waals surface area (Å²) in [5, 5.41) is 5.61. The van der Waals surface area contributed by atoms with E-state index in [9.17, 15) is 9.59 Å². The normalized spacial score (nSPS) is 13.3. The number of nitrogens with zero attached hydrogens (tertiary/aromatic N) is 3. The fraction of sp³-hybridized carbons (Fsp3) is 0.150. The zero-order valence-electron chi connectivity index (χ0n) is 15.0. The molecule has 1 saturated heterocycles. The molecule has 0 saturated carbocycles. The predicted molar refractivity (Wildman–Crippen MR) is 105 cm³/mol. The number of rotatable bonds is 5. The van der Waals surface area contributed by atoms with E-state index in [1.165, 1.54) is 4.90 Å². The van der Waals surface area contributed by atoms with Crippen LogP contribution in [-0.2, 0) is 11.3 Å². The van der Waals surface area contributed by atoms with E-state index in [-0.39, 0.29) is 12.1 Å². The summed E-state index contributed by atoms with van der Waals surface area (Å²) in [5.41, 5.74) is 3.27. The Kier molecular flexibility index (Phi) is 4.92. The van der Waals surface area contributed by atoms with Crippen molar-refractivity contribution in [3.63, 3.8) is 0 Å². The Morgan fingerprint density at radius 3 is 2.71 bits per heavy atom. The summed E-state index contributed by atoms with van der Waals surface area (Å²) < 4.78 is 6.85. The van der Waals surface area contributed by atoms with E-state index in [4.69, 9.17) is 4.74 Å². The van der Waals surface area contributed by atoms with Crippen LogP contribution < -0.4 is 15.5 Å². The fourth-order valence-electron chi connectivity index (χ4n) is 2.93. The monoisotopic (exact) mass is 377 g/mol. The molecule has 1 aliphatic heterocycles. The summed E-state index contributed by atoms with van der Waals surface area (Å²) in [6.45, 7) is 1.27. The first-order valence-corrected chi connectivity index (χ1v) is 8.85. The molecule has 3 amide bonds. The molecule has 28 heavy (non-hydrogen) atoms. The number of imidazole rings is 1. The van der Waals surface area contributed by atoms with Gasteiger partial charge in [0.1, 0.15) is 6.61 Å².